The minimum atomic E-state index is -0.206. The fourth-order valence-corrected chi connectivity index (χ4v) is 8.38. The normalized spacial score (nSPS) is 15.6. The summed E-state index contributed by atoms with van der Waals surface area (Å²) >= 11 is 0. The first-order valence-electron chi connectivity index (χ1n) is 19.7. The number of hydrogen-bond acceptors (Lipinski definition) is 5. The van der Waals surface area contributed by atoms with E-state index in [1.165, 1.54) is 0 Å². The van der Waals surface area contributed by atoms with Crippen LogP contribution in [-0.2, 0) is 0 Å². The lowest BCUT2D eigenvalue weighted by Gasteiger charge is -2.33. The van der Waals surface area contributed by atoms with Crippen molar-refractivity contribution in [3.63, 3.8) is 0 Å². The number of benzene rings is 7. The molecule has 1 aliphatic heterocycles. The average Bonchev–Trinajstić information content (AvgIpc) is 3.85. The molecule has 5 heteroatoms. The Morgan fingerprint density at radius 3 is 2.02 bits per heavy atom. The summed E-state index contributed by atoms with van der Waals surface area (Å²) in [6.07, 6.45) is 16.8. The molecular weight excluding hydrogens is 713 g/mol. The highest BCUT2D eigenvalue weighted by Gasteiger charge is 2.40. The first kappa shape index (κ1) is 35.0. The first-order valence-corrected chi connectivity index (χ1v) is 19.7. The highest BCUT2D eigenvalue weighted by Crippen LogP contribution is 2.57. The number of anilines is 6. The summed E-state index contributed by atoms with van der Waals surface area (Å²) in [6, 6.07) is 53.8. The Morgan fingerprint density at radius 1 is 0.586 bits per heavy atom. The standard InChI is InChI=1S/C53H40N2O3/c1-2-3-7-20-37-33-46(54(38-21-10-5-11-22-38)40-30-32-50-45(35-40)42-25-14-16-27-48(42)57-50)53-51(43-26-15-17-28-49(43)58-53)52(37)55(39-23-12-6-13-24-39)41-29-31-47(56)44(34-41)36-18-8-4-9-19-36/h2-35,43,49,56H,1H3/b3-2-,20-7-. The number of allylic oxidation sites excluding steroid dienone is 5. The maximum atomic E-state index is 11.3. The second-order valence-electron chi connectivity index (χ2n) is 14.5. The molecule has 2 atom stereocenters. The van der Waals surface area contributed by atoms with E-state index in [1.807, 2.05) is 73.7 Å². The number of hydrogen-bond donors (Lipinski definition) is 1. The second kappa shape index (κ2) is 14.9. The van der Waals surface area contributed by atoms with E-state index in [9.17, 15) is 5.11 Å². The van der Waals surface area contributed by atoms with Gasteiger partial charge in [0.2, 0.25) is 0 Å². The van der Waals surface area contributed by atoms with Crippen molar-refractivity contribution >= 4 is 62.1 Å². The van der Waals surface area contributed by atoms with E-state index in [0.29, 0.717) is 0 Å². The Morgan fingerprint density at radius 2 is 1.24 bits per heavy atom. The molecule has 1 aliphatic carbocycles. The molecule has 1 aromatic heterocycles. The van der Waals surface area contributed by atoms with Crippen molar-refractivity contribution in [1.29, 1.82) is 0 Å². The minimum Gasteiger partial charge on any atom is -0.507 e. The largest absolute Gasteiger partial charge is 0.507 e. The van der Waals surface area contributed by atoms with Crippen LogP contribution < -0.4 is 14.5 Å². The number of rotatable bonds is 9. The van der Waals surface area contributed by atoms with Crippen molar-refractivity contribution in [1.82, 2.24) is 0 Å². The average molecular weight is 753 g/mol. The lowest BCUT2D eigenvalue weighted by atomic mass is 9.87. The first-order chi connectivity index (χ1) is 28.7. The molecule has 0 fully saturated rings. The van der Waals surface area contributed by atoms with E-state index in [0.717, 1.165) is 84.1 Å². The maximum absolute atomic E-state index is 11.3. The van der Waals surface area contributed by atoms with E-state index >= 15 is 0 Å². The molecule has 2 unspecified atom stereocenters. The molecule has 1 N–H and O–H groups in total. The van der Waals surface area contributed by atoms with Gasteiger partial charge in [0.1, 0.15) is 28.8 Å². The van der Waals surface area contributed by atoms with Crippen LogP contribution >= 0.6 is 0 Å². The van der Waals surface area contributed by atoms with Gasteiger partial charge in [-0.1, -0.05) is 127 Å². The Balaban J connectivity index is 1.28. The van der Waals surface area contributed by atoms with Gasteiger partial charge in [0, 0.05) is 56.1 Å². The van der Waals surface area contributed by atoms with Gasteiger partial charge in [-0.25, -0.2) is 0 Å². The lowest BCUT2D eigenvalue weighted by molar-refractivity contribution is 0.269. The van der Waals surface area contributed by atoms with Crippen LogP contribution in [0.4, 0.5) is 34.1 Å². The fraction of sp³-hybridized carbons (Fsp3) is 0.0566. The predicted octanol–water partition coefficient (Wildman–Crippen LogP) is 14.5. The summed E-state index contributed by atoms with van der Waals surface area (Å²) in [4.78, 5) is 4.63. The van der Waals surface area contributed by atoms with Crippen LogP contribution in [0.15, 0.2) is 205 Å². The predicted molar refractivity (Wildman–Crippen MR) is 239 cm³/mol. The summed E-state index contributed by atoms with van der Waals surface area (Å²) in [7, 11) is 0. The second-order valence-corrected chi connectivity index (χ2v) is 14.5. The third kappa shape index (κ3) is 6.14. The van der Waals surface area contributed by atoms with Crippen LogP contribution in [0.2, 0.25) is 0 Å². The van der Waals surface area contributed by atoms with Crippen LogP contribution in [0, 0.1) is 0 Å². The Labute approximate surface area is 338 Å². The van der Waals surface area contributed by atoms with E-state index in [-0.39, 0.29) is 17.8 Å². The minimum absolute atomic E-state index is 0.0707. The number of fused-ring (bicyclic) bond motifs is 6. The summed E-state index contributed by atoms with van der Waals surface area (Å²) in [6.45, 7) is 2.03. The van der Waals surface area contributed by atoms with Gasteiger partial charge < -0.3 is 24.1 Å². The van der Waals surface area contributed by atoms with Crippen molar-refractivity contribution in [2.45, 2.75) is 18.9 Å². The van der Waals surface area contributed by atoms with Gasteiger partial charge in [-0.3, -0.25) is 0 Å². The van der Waals surface area contributed by atoms with Gasteiger partial charge in [0.25, 0.3) is 0 Å². The van der Waals surface area contributed by atoms with Crippen LogP contribution in [0.3, 0.4) is 0 Å². The van der Waals surface area contributed by atoms with Crippen molar-refractivity contribution < 1.29 is 14.3 Å². The summed E-state index contributed by atoms with van der Waals surface area (Å²) in [5.74, 6) is 0.966. The van der Waals surface area contributed by atoms with Crippen molar-refractivity contribution in [2.24, 2.45) is 0 Å². The van der Waals surface area contributed by atoms with Crippen molar-refractivity contribution in [3.8, 4) is 22.6 Å². The number of para-hydroxylation sites is 3. The Hall–Kier alpha value is -7.50. The summed E-state index contributed by atoms with van der Waals surface area (Å²) < 4.78 is 13.4. The number of nitrogens with zero attached hydrogens (tertiary/aromatic N) is 2. The van der Waals surface area contributed by atoms with Gasteiger partial charge in [-0.2, -0.15) is 0 Å². The lowest BCUT2D eigenvalue weighted by Crippen LogP contribution is -2.18. The number of phenolic OH excluding ortho intramolecular Hbond substituents is 1. The highest BCUT2D eigenvalue weighted by molar-refractivity contribution is 6.07. The molecule has 8 aromatic rings. The molecule has 10 rings (SSSR count). The molecule has 280 valence electrons. The number of furan rings is 1. The maximum Gasteiger partial charge on any atom is 0.150 e. The third-order valence-corrected chi connectivity index (χ3v) is 11.0. The van der Waals surface area contributed by atoms with Gasteiger partial charge in [0.15, 0.2) is 0 Å². The highest BCUT2D eigenvalue weighted by atomic mass is 16.5. The molecule has 7 aromatic carbocycles. The monoisotopic (exact) mass is 752 g/mol. The molecule has 2 aliphatic rings. The fourth-order valence-electron chi connectivity index (χ4n) is 8.38. The van der Waals surface area contributed by atoms with Crippen LogP contribution in [0.5, 0.6) is 11.5 Å². The number of aromatic hydroxyl groups is 1. The third-order valence-electron chi connectivity index (χ3n) is 11.0. The zero-order chi connectivity index (χ0) is 39.0. The summed E-state index contributed by atoms with van der Waals surface area (Å²) in [5, 5.41) is 13.4. The quantitative estimate of drug-likeness (QED) is 0.149. The van der Waals surface area contributed by atoms with E-state index < -0.39 is 0 Å². The molecule has 0 saturated carbocycles. The molecule has 0 amide bonds. The molecule has 5 nitrogen and oxygen atoms in total. The Bertz CT molecular complexity index is 2910. The summed E-state index contributed by atoms with van der Waals surface area (Å²) in [5.41, 5.74) is 11.3. The zero-order valence-electron chi connectivity index (χ0n) is 31.9. The van der Waals surface area contributed by atoms with Crippen molar-refractivity contribution in [3.05, 3.63) is 211 Å². The molecule has 0 spiro atoms. The molecule has 2 heterocycles. The van der Waals surface area contributed by atoms with Crippen LogP contribution in [0.1, 0.15) is 24.0 Å². The SMILES string of the molecule is C/C=C\C=C/c1cc(N(c2ccccc2)c2ccc3oc4ccccc4c3c2)c2c(c1N(c1ccccc1)c1ccc(O)c(-c3ccccc3)c1)C1C=CC=CC1O2. The van der Waals surface area contributed by atoms with E-state index in [2.05, 4.69) is 143 Å². The van der Waals surface area contributed by atoms with Crippen LogP contribution in [-0.4, -0.2) is 11.2 Å². The van der Waals surface area contributed by atoms with Crippen LogP contribution in [0.25, 0.3) is 39.1 Å². The smallest absolute Gasteiger partial charge is 0.150 e. The van der Waals surface area contributed by atoms with Gasteiger partial charge in [0.05, 0.1) is 11.4 Å². The number of phenols is 1. The van der Waals surface area contributed by atoms with Gasteiger partial charge in [-0.05, 0) is 91.4 Å². The zero-order valence-corrected chi connectivity index (χ0v) is 31.9. The molecule has 0 saturated heterocycles. The van der Waals surface area contributed by atoms with Gasteiger partial charge in [-0.15, -0.1) is 0 Å². The topological polar surface area (TPSA) is 49.1 Å². The molecule has 58 heavy (non-hydrogen) atoms. The number of ether oxygens (including phenoxy) is 1. The molecule has 0 radical (unpaired) electrons. The molecular formula is C53H40N2O3. The van der Waals surface area contributed by atoms with Crippen molar-refractivity contribution in [2.75, 3.05) is 9.80 Å². The van der Waals surface area contributed by atoms with E-state index in [1.54, 1.807) is 6.07 Å². The Kier molecular flexibility index (Phi) is 8.96. The van der Waals surface area contributed by atoms with E-state index in [4.69, 9.17) is 9.15 Å². The van der Waals surface area contributed by atoms with Gasteiger partial charge >= 0.3 is 0 Å². The molecule has 0 bridgehead atoms.